The molecule has 1 N–H and O–H groups in total. The Morgan fingerprint density at radius 1 is 1.33 bits per heavy atom. The predicted molar refractivity (Wildman–Crippen MR) is 61.0 cm³/mol. The van der Waals surface area contributed by atoms with E-state index in [9.17, 15) is 5.21 Å². The van der Waals surface area contributed by atoms with Gasteiger partial charge in [0, 0.05) is 17.0 Å². The van der Waals surface area contributed by atoms with Gasteiger partial charge in [0.25, 0.3) is 0 Å². The highest BCUT2D eigenvalue weighted by atomic mass is 16.5. The zero-order valence-corrected chi connectivity index (χ0v) is 10.9. The van der Waals surface area contributed by atoms with Gasteiger partial charge in [0.15, 0.2) is 0 Å². The summed E-state index contributed by atoms with van der Waals surface area (Å²) in [4.78, 5) is 0. The normalized spacial score (nSPS) is 30.0. The molecule has 0 bridgehead atoms. The molecule has 1 aliphatic rings. The van der Waals surface area contributed by atoms with Gasteiger partial charge in [-0.2, -0.15) is 5.06 Å². The van der Waals surface area contributed by atoms with Gasteiger partial charge >= 0.3 is 0 Å². The van der Waals surface area contributed by atoms with Crippen molar-refractivity contribution in [3.63, 3.8) is 0 Å². The highest BCUT2D eigenvalue weighted by Crippen LogP contribution is 2.43. The van der Waals surface area contributed by atoms with Crippen molar-refractivity contribution < 1.29 is 9.94 Å². The van der Waals surface area contributed by atoms with Crippen LogP contribution in [-0.4, -0.2) is 34.1 Å². The first-order chi connectivity index (χ1) is 6.68. The summed E-state index contributed by atoms with van der Waals surface area (Å²) in [6, 6.07) is 0. The van der Waals surface area contributed by atoms with Gasteiger partial charge in [0.2, 0.25) is 0 Å². The summed E-state index contributed by atoms with van der Waals surface area (Å²) in [5.41, 5.74) is -0.340. The molecule has 3 nitrogen and oxygen atoms in total. The highest BCUT2D eigenvalue weighted by Gasteiger charge is 2.51. The second-order valence-corrected chi connectivity index (χ2v) is 6.06. The number of hydroxylamine groups is 2. The van der Waals surface area contributed by atoms with Gasteiger partial charge in [-0.15, -0.1) is 0 Å². The molecule has 0 aromatic heterocycles. The maximum Gasteiger partial charge on any atom is 0.0519 e. The summed E-state index contributed by atoms with van der Waals surface area (Å²) in [7, 11) is 0. The van der Waals surface area contributed by atoms with Crippen LogP contribution in [-0.2, 0) is 4.74 Å². The van der Waals surface area contributed by atoms with E-state index in [4.69, 9.17) is 4.74 Å². The van der Waals surface area contributed by atoms with E-state index >= 15 is 0 Å². The number of ether oxygens (including phenoxy) is 1. The molecular weight excluding hydrogens is 190 g/mol. The van der Waals surface area contributed by atoms with Crippen LogP contribution in [0.1, 0.15) is 48.0 Å². The largest absolute Gasteiger partial charge is 0.378 e. The molecule has 0 radical (unpaired) electrons. The minimum Gasteiger partial charge on any atom is -0.378 e. The summed E-state index contributed by atoms with van der Waals surface area (Å²) in [5, 5.41) is 11.6. The van der Waals surface area contributed by atoms with Crippen molar-refractivity contribution in [2.75, 3.05) is 6.61 Å². The van der Waals surface area contributed by atoms with Crippen molar-refractivity contribution in [3.8, 4) is 0 Å². The molecule has 1 atom stereocenters. The molecular formula is C12H25NO2. The summed E-state index contributed by atoms with van der Waals surface area (Å²) >= 11 is 0. The first-order valence-corrected chi connectivity index (χ1v) is 5.79. The van der Waals surface area contributed by atoms with Crippen molar-refractivity contribution in [1.29, 1.82) is 0 Å². The summed E-state index contributed by atoms with van der Waals surface area (Å²) in [6.45, 7) is 13.1. The van der Waals surface area contributed by atoms with Crippen molar-refractivity contribution in [2.45, 2.75) is 65.1 Å². The van der Waals surface area contributed by atoms with Gasteiger partial charge in [-0.1, -0.05) is 0 Å². The summed E-state index contributed by atoms with van der Waals surface area (Å²) < 4.78 is 5.67. The molecule has 3 heteroatoms. The second-order valence-electron chi connectivity index (χ2n) is 6.06. The molecule has 1 aliphatic heterocycles. The van der Waals surface area contributed by atoms with Crippen LogP contribution in [0.3, 0.4) is 0 Å². The van der Waals surface area contributed by atoms with Crippen molar-refractivity contribution >= 4 is 0 Å². The molecule has 1 fully saturated rings. The van der Waals surface area contributed by atoms with Crippen molar-refractivity contribution in [2.24, 2.45) is 5.92 Å². The lowest BCUT2D eigenvalue weighted by atomic mass is 9.88. The molecule has 1 rings (SSSR count). The molecule has 0 aliphatic carbocycles. The van der Waals surface area contributed by atoms with Crippen LogP contribution < -0.4 is 0 Å². The summed E-state index contributed by atoms with van der Waals surface area (Å²) in [6.07, 6.45) is 1.24. The minimum absolute atomic E-state index is 0.144. The van der Waals surface area contributed by atoms with Crippen molar-refractivity contribution in [3.05, 3.63) is 0 Å². The van der Waals surface area contributed by atoms with Gasteiger partial charge < -0.3 is 9.94 Å². The quantitative estimate of drug-likeness (QED) is 0.785. The van der Waals surface area contributed by atoms with E-state index in [1.165, 1.54) is 5.06 Å². The number of hydrogen-bond donors (Lipinski definition) is 1. The molecule has 0 spiro atoms. The average Bonchev–Trinajstić information content (AvgIpc) is 2.23. The molecule has 1 saturated heterocycles. The number of nitrogens with zero attached hydrogens (tertiary/aromatic N) is 1. The Morgan fingerprint density at radius 3 is 2.20 bits per heavy atom. The van der Waals surface area contributed by atoms with Crippen LogP contribution in [0.15, 0.2) is 0 Å². The maximum absolute atomic E-state index is 10.1. The fourth-order valence-corrected chi connectivity index (χ4v) is 2.46. The Balaban J connectivity index is 2.67. The lowest BCUT2D eigenvalue weighted by Gasteiger charge is -2.36. The smallest absolute Gasteiger partial charge is 0.0519 e. The first kappa shape index (κ1) is 12.9. The monoisotopic (exact) mass is 215 g/mol. The average molecular weight is 215 g/mol. The Labute approximate surface area is 93.4 Å². The third kappa shape index (κ3) is 2.52. The fourth-order valence-electron chi connectivity index (χ4n) is 2.46. The predicted octanol–water partition coefficient (Wildman–Crippen LogP) is 2.68. The van der Waals surface area contributed by atoms with E-state index in [0.717, 1.165) is 13.0 Å². The van der Waals surface area contributed by atoms with Crippen LogP contribution in [0, 0.1) is 5.92 Å². The van der Waals surface area contributed by atoms with E-state index in [-0.39, 0.29) is 17.2 Å². The molecule has 0 saturated carbocycles. The molecule has 0 amide bonds. The number of hydrogen-bond acceptors (Lipinski definition) is 3. The van der Waals surface area contributed by atoms with Crippen LogP contribution in [0.5, 0.6) is 0 Å². The van der Waals surface area contributed by atoms with Crippen LogP contribution in [0.4, 0.5) is 0 Å². The van der Waals surface area contributed by atoms with Gasteiger partial charge in [-0.25, -0.2) is 0 Å². The van der Waals surface area contributed by atoms with E-state index in [1.54, 1.807) is 0 Å². The molecule has 15 heavy (non-hydrogen) atoms. The highest BCUT2D eigenvalue weighted by molar-refractivity contribution is 5.01. The van der Waals surface area contributed by atoms with Gasteiger partial charge in [0.1, 0.15) is 0 Å². The molecule has 1 heterocycles. The lowest BCUT2D eigenvalue weighted by Crippen LogP contribution is -2.47. The van der Waals surface area contributed by atoms with E-state index in [0.29, 0.717) is 5.92 Å². The third-order valence-electron chi connectivity index (χ3n) is 3.50. The topological polar surface area (TPSA) is 32.7 Å². The third-order valence-corrected chi connectivity index (χ3v) is 3.50. The zero-order chi connectivity index (χ0) is 11.9. The molecule has 0 aromatic rings. The van der Waals surface area contributed by atoms with Crippen LogP contribution >= 0.6 is 0 Å². The Hall–Kier alpha value is -0.120. The second kappa shape index (κ2) is 4.04. The number of rotatable bonds is 3. The van der Waals surface area contributed by atoms with Crippen LogP contribution in [0.25, 0.3) is 0 Å². The van der Waals surface area contributed by atoms with Crippen LogP contribution in [0.2, 0.25) is 0 Å². The fraction of sp³-hybridized carbons (Fsp3) is 1.00. The summed E-state index contributed by atoms with van der Waals surface area (Å²) in [5.74, 6) is 0.389. The van der Waals surface area contributed by atoms with Gasteiger partial charge in [-0.05, 0) is 48.0 Å². The first-order valence-electron chi connectivity index (χ1n) is 5.79. The van der Waals surface area contributed by atoms with E-state index < -0.39 is 0 Å². The van der Waals surface area contributed by atoms with E-state index in [1.807, 2.05) is 13.8 Å². The standard InChI is InChI=1S/C12H25NO2/c1-9(2)15-8-10-7-11(3,4)13(14)12(10,5)6/h9-10,14H,7-8H2,1-6H3. The Morgan fingerprint density at radius 2 is 1.87 bits per heavy atom. The lowest BCUT2D eigenvalue weighted by molar-refractivity contribution is -0.199. The molecule has 1 unspecified atom stereocenters. The molecule has 0 aromatic carbocycles. The Bertz CT molecular complexity index is 224. The van der Waals surface area contributed by atoms with Gasteiger partial charge in [-0.3, -0.25) is 0 Å². The molecule has 90 valence electrons. The van der Waals surface area contributed by atoms with Gasteiger partial charge in [0.05, 0.1) is 12.7 Å². The SMILES string of the molecule is CC(C)OCC1CC(C)(C)N(O)C1(C)C. The Kier molecular flexibility index (Phi) is 3.49. The van der Waals surface area contributed by atoms with E-state index in [2.05, 4.69) is 27.7 Å². The maximum atomic E-state index is 10.1. The van der Waals surface area contributed by atoms with Crippen molar-refractivity contribution in [1.82, 2.24) is 5.06 Å². The minimum atomic E-state index is -0.196. The zero-order valence-electron chi connectivity index (χ0n) is 10.9.